The van der Waals surface area contributed by atoms with E-state index in [1.54, 1.807) is 18.2 Å². The lowest BCUT2D eigenvalue weighted by Gasteiger charge is -2.30. The van der Waals surface area contributed by atoms with Crippen LogP contribution in [0.3, 0.4) is 0 Å². The third-order valence-corrected chi connectivity index (χ3v) is 5.30. The van der Waals surface area contributed by atoms with Crippen LogP contribution < -0.4 is 4.74 Å². The lowest BCUT2D eigenvalue weighted by Crippen LogP contribution is -2.22. The van der Waals surface area contributed by atoms with Crippen molar-refractivity contribution in [3.8, 4) is 17.2 Å². The number of para-hydroxylation sites is 1. The predicted molar refractivity (Wildman–Crippen MR) is 112 cm³/mol. The van der Waals surface area contributed by atoms with E-state index in [0.717, 1.165) is 31.2 Å². The molecule has 0 aliphatic rings. The van der Waals surface area contributed by atoms with Crippen molar-refractivity contribution in [1.29, 1.82) is 0 Å². The third kappa shape index (κ3) is 4.92. The highest BCUT2D eigenvalue weighted by Crippen LogP contribution is 2.35. The van der Waals surface area contributed by atoms with Crippen LogP contribution in [-0.4, -0.2) is 5.11 Å². The minimum atomic E-state index is -0.359. The Morgan fingerprint density at radius 2 is 1.64 bits per heavy atom. The van der Waals surface area contributed by atoms with E-state index in [2.05, 4.69) is 13.8 Å². The maximum Gasteiger partial charge on any atom is 0.165 e. The Morgan fingerprint density at radius 3 is 2.32 bits per heavy atom. The summed E-state index contributed by atoms with van der Waals surface area (Å²) in [4.78, 5) is 0. The molecule has 2 nitrogen and oxygen atoms in total. The number of phenols is 1. The first-order chi connectivity index (χ1) is 13.5. The van der Waals surface area contributed by atoms with Gasteiger partial charge < -0.3 is 9.84 Å². The summed E-state index contributed by atoms with van der Waals surface area (Å²) in [7, 11) is 0. The highest BCUT2D eigenvalue weighted by atomic mass is 19.1. The lowest BCUT2D eigenvalue weighted by molar-refractivity contribution is 0.394. The largest absolute Gasteiger partial charge is 0.508 e. The van der Waals surface area contributed by atoms with Gasteiger partial charge in [0.15, 0.2) is 11.6 Å². The highest BCUT2D eigenvalue weighted by Gasteiger charge is 2.25. The van der Waals surface area contributed by atoms with E-state index in [1.807, 2.05) is 48.5 Å². The first kappa shape index (κ1) is 19.9. The SMILES string of the molecule is CCCC(C)(CCc1ccc(F)c(Oc2ccccc2)c1)c1ccc(O)cc1. The first-order valence-corrected chi connectivity index (χ1v) is 9.81. The Bertz CT molecular complexity index is 890. The fraction of sp³-hybridized carbons (Fsp3) is 0.280. The Hall–Kier alpha value is -2.81. The molecule has 3 aromatic carbocycles. The molecule has 1 atom stereocenters. The average molecular weight is 378 g/mol. The van der Waals surface area contributed by atoms with Crippen LogP contribution in [-0.2, 0) is 11.8 Å². The first-order valence-electron chi connectivity index (χ1n) is 9.81. The summed E-state index contributed by atoms with van der Waals surface area (Å²) in [6.45, 7) is 4.44. The highest BCUT2D eigenvalue weighted by molar-refractivity contribution is 5.36. The number of halogens is 1. The van der Waals surface area contributed by atoms with Gasteiger partial charge in [0.25, 0.3) is 0 Å². The molecular formula is C25H27FO2. The van der Waals surface area contributed by atoms with Gasteiger partial charge in [0, 0.05) is 0 Å². The molecule has 1 N–H and O–H groups in total. The average Bonchev–Trinajstić information content (AvgIpc) is 2.70. The number of ether oxygens (including phenoxy) is 1. The van der Waals surface area contributed by atoms with Gasteiger partial charge in [-0.1, -0.05) is 56.7 Å². The fourth-order valence-electron chi connectivity index (χ4n) is 3.65. The molecule has 0 amide bonds. The third-order valence-electron chi connectivity index (χ3n) is 5.30. The zero-order valence-electron chi connectivity index (χ0n) is 16.5. The topological polar surface area (TPSA) is 29.5 Å². The molecule has 0 radical (unpaired) electrons. The van der Waals surface area contributed by atoms with Gasteiger partial charge in [-0.25, -0.2) is 4.39 Å². The van der Waals surface area contributed by atoms with Crippen molar-refractivity contribution >= 4 is 0 Å². The van der Waals surface area contributed by atoms with Gasteiger partial charge in [-0.15, -0.1) is 0 Å². The minimum absolute atomic E-state index is 0.00269. The van der Waals surface area contributed by atoms with Crippen LogP contribution >= 0.6 is 0 Å². The molecule has 1 unspecified atom stereocenters. The molecule has 146 valence electrons. The van der Waals surface area contributed by atoms with Crippen LogP contribution in [0.2, 0.25) is 0 Å². The zero-order valence-corrected chi connectivity index (χ0v) is 16.5. The normalized spacial score (nSPS) is 13.1. The molecule has 0 heterocycles. The van der Waals surface area contributed by atoms with Crippen molar-refractivity contribution in [3.63, 3.8) is 0 Å². The Balaban J connectivity index is 1.76. The molecule has 0 aliphatic heterocycles. The molecule has 0 saturated heterocycles. The Kier molecular flexibility index (Phi) is 6.35. The van der Waals surface area contributed by atoms with Crippen LogP contribution in [0.4, 0.5) is 4.39 Å². The van der Waals surface area contributed by atoms with E-state index in [0.29, 0.717) is 5.75 Å². The molecule has 0 spiro atoms. The van der Waals surface area contributed by atoms with Crippen molar-refractivity contribution in [2.75, 3.05) is 0 Å². The second-order valence-corrected chi connectivity index (χ2v) is 7.54. The summed E-state index contributed by atoms with van der Waals surface area (Å²) >= 11 is 0. The van der Waals surface area contributed by atoms with Gasteiger partial charge in [0.1, 0.15) is 11.5 Å². The summed E-state index contributed by atoms with van der Waals surface area (Å²) in [6.07, 6.45) is 3.88. The number of rotatable bonds is 8. The number of benzene rings is 3. The maximum absolute atomic E-state index is 14.2. The molecule has 0 fully saturated rings. The summed E-state index contributed by atoms with van der Waals surface area (Å²) in [5, 5.41) is 9.59. The number of hydrogen-bond acceptors (Lipinski definition) is 2. The Morgan fingerprint density at radius 1 is 0.929 bits per heavy atom. The summed E-state index contributed by atoms with van der Waals surface area (Å²) < 4.78 is 19.9. The monoisotopic (exact) mass is 378 g/mol. The molecular weight excluding hydrogens is 351 g/mol. The predicted octanol–water partition coefficient (Wildman–Crippen LogP) is 7.01. The molecule has 0 aromatic heterocycles. The number of aryl methyl sites for hydroxylation is 1. The van der Waals surface area contributed by atoms with E-state index in [4.69, 9.17) is 4.74 Å². The summed E-state index contributed by atoms with van der Waals surface area (Å²) in [5.41, 5.74) is 2.26. The van der Waals surface area contributed by atoms with Crippen molar-refractivity contribution < 1.29 is 14.2 Å². The van der Waals surface area contributed by atoms with Crippen LogP contribution in [0, 0.1) is 5.82 Å². The van der Waals surface area contributed by atoms with E-state index in [-0.39, 0.29) is 22.7 Å². The van der Waals surface area contributed by atoms with Gasteiger partial charge in [0.05, 0.1) is 0 Å². The Labute approximate surface area is 166 Å². The van der Waals surface area contributed by atoms with E-state index in [1.165, 1.54) is 11.6 Å². The quantitative estimate of drug-likeness (QED) is 0.456. The van der Waals surface area contributed by atoms with E-state index >= 15 is 0 Å². The lowest BCUT2D eigenvalue weighted by atomic mass is 9.74. The molecule has 0 bridgehead atoms. The summed E-state index contributed by atoms with van der Waals surface area (Å²) in [5.74, 6) is 0.801. The van der Waals surface area contributed by atoms with E-state index < -0.39 is 0 Å². The molecule has 3 aromatic rings. The summed E-state index contributed by atoms with van der Waals surface area (Å²) in [6, 6.07) is 21.9. The molecule has 3 rings (SSSR count). The standard InChI is InChI=1S/C25H27FO2/c1-3-16-25(2,20-10-12-21(27)13-11-20)17-15-19-9-14-23(26)24(18-19)28-22-7-5-4-6-8-22/h4-14,18,27H,3,15-17H2,1-2H3. The molecule has 0 saturated carbocycles. The van der Waals surface area contributed by atoms with Crippen molar-refractivity contribution in [2.45, 2.75) is 44.9 Å². The number of phenolic OH excluding ortho intramolecular Hbond substituents is 1. The van der Waals surface area contributed by atoms with Gasteiger partial charge in [0.2, 0.25) is 0 Å². The smallest absolute Gasteiger partial charge is 0.165 e. The van der Waals surface area contributed by atoms with Crippen LogP contribution in [0.5, 0.6) is 17.2 Å². The minimum Gasteiger partial charge on any atom is -0.508 e. The second kappa shape index (κ2) is 8.92. The number of hydrogen-bond donors (Lipinski definition) is 1. The van der Waals surface area contributed by atoms with Crippen molar-refractivity contribution in [2.24, 2.45) is 0 Å². The number of aromatic hydroxyl groups is 1. The van der Waals surface area contributed by atoms with Gasteiger partial charge in [-0.3, -0.25) is 0 Å². The van der Waals surface area contributed by atoms with E-state index in [9.17, 15) is 9.50 Å². The maximum atomic E-state index is 14.2. The molecule has 0 aliphatic carbocycles. The van der Waals surface area contributed by atoms with Gasteiger partial charge >= 0.3 is 0 Å². The van der Waals surface area contributed by atoms with Gasteiger partial charge in [-0.2, -0.15) is 0 Å². The van der Waals surface area contributed by atoms with Crippen LogP contribution in [0.15, 0.2) is 72.8 Å². The van der Waals surface area contributed by atoms with Crippen molar-refractivity contribution in [1.82, 2.24) is 0 Å². The molecule has 3 heteroatoms. The van der Waals surface area contributed by atoms with Crippen LogP contribution in [0.1, 0.15) is 44.2 Å². The second-order valence-electron chi connectivity index (χ2n) is 7.54. The fourth-order valence-corrected chi connectivity index (χ4v) is 3.65. The van der Waals surface area contributed by atoms with Crippen molar-refractivity contribution in [3.05, 3.63) is 89.7 Å². The zero-order chi connectivity index (χ0) is 20.0. The van der Waals surface area contributed by atoms with Gasteiger partial charge in [-0.05, 0) is 72.2 Å². The van der Waals surface area contributed by atoms with Crippen LogP contribution in [0.25, 0.3) is 0 Å². The molecule has 28 heavy (non-hydrogen) atoms.